The van der Waals surface area contributed by atoms with Crippen LogP contribution in [0.5, 0.6) is 0 Å². The average molecular weight is 669 g/mol. The van der Waals surface area contributed by atoms with Crippen LogP contribution in [-0.2, 0) is 31.0 Å². The number of thioether (sulfide) groups is 2. The molecule has 3 aliphatic rings. The molecule has 2 fully saturated rings. The first-order valence-corrected chi connectivity index (χ1v) is 15.4. The van der Waals surface area contributed by atoms with Gasteiger partial charge in [0.15, 0.2) is 0 Å². The maximum atomic E-state index is 13.6. The number of hydrogen-bond donors (Lipinski definition) is 4. The Balaban J connectivity index is 0.00000461. The van der Waals surface area contributed by atoms with Crippen molar-refractivity contribution in [3.8, 4) is 0 Å². The molecule has 0 radical (unpaired) electrons. The Morgan fingerprint density at radius 2 is 1.87 bits per heavy atom. The molecule has 45 heavy (non-hydrogen) atoms. The van der Waals surface area contributed by atoms with Crippen molar-refractivity contribution in [1.29, 1.82) is 0 Å². The molecular weight excluding hydrogens is 639 g/mol. The molecule has 5 N–H and O–H groups in total. The predicted octanol–water partition coefficient (Wildman–Crippen LogP) is -1.88. The number of fused-ring (bicyclic) bond motifs is 1. The Labute approximate surface area is 286 Å². The van der Waals surface area contributed by atoms with Crippen molar-refractivity contribution in [2.45, 2.75) is 29.5 Å². The van der Waals surface area contributed by atoms with E-state index in [1.54, 1.807) is 14.0 Å². The number of piperazine rings is 1. The quantitative estimate of drug-likeness (QED) is 0.0755. The van der Waals surface area contributed by atoms with E-state index in [4.69, 9.17) is 5.73 Å². The van der Waals surface area contributed by atoms with Crippen LogP contribution in [0.1, 0.15) is 18.5 Å². The fourth-order valence-electron chi connectivity index (χ4n) is 4.89. The molecule has 0 unspecified atom stereocenters. The maximum absolute atomic E-state index is 13.6. The second kappa shape index (κ2) is 14.2. The molecule has 3 atom stereocenters. The normalized spacial score (nSPS) is 20.2. The van der Waals surface area contributed by atoms with E-state index in [0.717, 1.165) is 9.80 Å². The summed E-state index contributed by atoms with van der Waals surface area (Å²) in [5, 5.41) is 26.0. The van der Waals surface area contributed by atoms with Gasteiger partial charge in [0.05, 0.1) is 0 Å². The summed E-state index contributed by atoms with van der Waals surface area (Å²) in [7, 11) is 1.65. The summed E-state index contributed by atoms with van der Waals surface area (Å²) in [4.78, 5) is 80.3. The van der Waals surface area contributed by atoms with E-state index in [1.165, 1.54) is 57.4 Å². The number of aliphatic carboxylic acids is 1. The van der Waals surface area contributed by atoms with Crippen molar-refractivity contribution in [2.24, 2.45) is 7.05 Å². The number of urea groups is 1. The Morgan fingerprint density at radius 1 is 1.16 bits per heavy atom. The van der Waals surface area contributed by atoms with Crippen LogP contribution in [0, 0.1) is 0 Å². The van der Waals surface area contributed by atoms with Gasteiger partial charge in [-0.2, -0.15) is 0 Å². The van der Waals surface area contributed by atoms with Crippen LogP contribution in [-0.4, -0.2) is 148 Å². The van der Waals surface area contributed by atoms with Crippen LogP contribution in [0.4, 0.5) is 10.5 Å². The minimum atomic E-state index is -1.37. The third-order valence-corrected chi connectivity index (χ3v) is 9.68. The topological polar surface area (TPSA) is 226 Å². The van der Waals surface area contributed by atoms with Crippen LogP contribution in [0.2, 0.25) is 0 Å². The number of β-lactam (4-membered cyclic amide) rings is 1. The zero-order chi connectivity index (χ0) is 31.7. The molecule has 0 spiro atoms. The molecule has 1 aromatic carbocycles. The molecule has 2 saturated heterocycles. The molecule has 17 nitrogen and oxygen atoms in total. The number of anilines is 1. The number of amides is 6. The number of hydrogen-bond acceptors (Lipinski definition) is 12. The van der Waals surface area contributed by atoms with Crippen LogP contribution in [0.25, 0.3) is 0 Å². The summed E-state index contributed by atoms with van der Waals surface area (Å²) in [5.74, 6) is -4.03. The molecule has 20 heteroatoms. The number of aromatic nitrogens is 4. The van der Waals surface area contributed by atoms with Crippen molar-refractivity contribution in [1.82, 2.24) is 45.5 Å². The molecule has 0 aliphatic carbocycles. The number of nitrogens with one attached hydrogen (secondary N) is 2. The zero-order valence-electron chi connectivity index (χ0n) is 23.5. The van der Waals surface area contributed by atoms with E-state index in [1.807, 2.05) is 0 Å². The molecule has 5 rings (SSSR count). The monoisotopic (exact) mass is 668 g/mol. The number of nitrogen functional groups attached to an aromatic ring is 1. The fourth-order valence-corrected chi connectivity index (χ4v) is 7.22. The van der Waals surface area contributed by atoms with Crippen LogP contribution >= 0.6 is 23.5 Å². The second-order valence-corrected chi connectivity index (χ2v) is 12.0. The van der Waals surface area contributed by atoms with Crippen LogP contribution < -0.4 is 16.4 Å². The number of carboxylic acids is 1. The molecule has 2 aromatic rings. The van der Waals surface area contributed by atoms with Crippen molar-refractivity contribution in [3.63, 3.8) is 0 Å². The van der Waals surface area contributed by atoms with Crippen molar-refractivity contribution in [3.05, 3.63) is 41.1 Å². The van der Waals surface area contributed by atoms with E-state index in [0.29, 0.717) is 28.5 Å². The number of nitrogens with zero attached hydrogens (tertiary/aromatic N) is 7. The van der Waals surface area contributed by atoms with Gasteiger partial charge < -0.3 is 26.4 Å². The first kappa shape index (κ1) is 34.2. The number of aryl methyl sites for hydroxylation is 1. The van der Waals surface area contributed by atoms with Crippen molar-refractivity contribution >= 4 is 94.4 Å². The van der Waals surface area contributed by atoms with Gasteiger partial charge in [-0.3, -0.25) is 29.0 Å². The van der Waals surface area contributed by atoms with Crippen LogP contribution in [0.3, 0.4) is 0 Å². The summed E-state index contributed by atoms with van der Waals surface area (Å²) < 4.78 is 1.44. The number of rotatable bonds is 9. The summed E-state index contributed by atoms with van der Waals surface area (Å²) >= 11 is 2.51. The predicted molar refractivity (Wildman–Crippen MR) is 162 cm³/mol. The van der Waals surface area contributed by atoms with E-state index in [-0.39, 0.29) is 59.8 Å². The van der Waals surface area contributed by atoms with Gasteiger partial charge >= 0.3 is 53.4 Å². The number of benzene rings is 1. The zero-order valence-corrected chi connectivity index (χ0v) is 25.1. The van der Waals surface area contributed by atoms with Crippen molar-refractivity contribution in [2.75, 3.05) is 36.9 Å². The Hall–Kier alpha value is -3.65. The molecule has 1 aromatic heterocycles. The van der Waals surface area contributed by atoms with Gasteiger partial charge in [0.1, 0.15) is 23.2 Å². The molecule has 234 valence electrons. The van der Waals surface area contributed by atoms with E-state index >= 15 is 0 Å². The van der Waals surface area contributed by atoms with Crippen molar-refractivity contribution < 1.29 is 33.9 Å². The van der Waals surface area contributed by atoms with Gasteiger partial charge in [-0.1, -0.05) is 23.9 Å². The number of tetrazole rings is 1. The van der Waals surface area contributed by atoms with Gasteiger partial charge in [0.25, 0.3) is 5.91 Å². The summed E-state index contributed by atoms with van der Waals surface area (Å²) in [5.41, 5.74) is 6.83. The van der Waals surface area contributed by atoms with E-state index in [2.05, 4.69) is 26.2 Å². The molecule has 4 heterocycles. The SMILES string of the molecule is CCN1CCN(C(=O)N[C@@H](C(=O)N[C@@H]2C(=O)N3C(C(=O)O)=C(CSc4nnnn4C)CS[C@H]23)c2ccc(N)cc2)C(=O)C1=O.[NaH]. The summed E-state index contributed by atoms with van der Waals surface area (Å²) in [6, 6.07) is 2.65. The van der Waals surface area contributed by atoms with E-state index in [9.17, 15) is 33.9 Å². The molecular formula is C25H29N10NaO7S2. The third kappa shape index (κ3) is 6.81. The fraction of sp³-hybridized carbons (Fsp3) is 0.400. The first-order chi connectivity index (χ1) is 21.0. The summed E-state index contributed by atoms with van der Waals surface area (Å²) in [6.07, 6.45) is 0. The number of likely N-dealkylation sites (N-methyl/N-ethyl adjacent to an activating group) is 1. The van der Waals surface area contributed by atoms with Crippen LogP contribution in [0.15, 0.2) is 40.7 Å². The number of imide groups is 1. The number of carbonyl (C=O) groups excluding carboxylic acids is 5. The molecule has 0 bridgehead atoms. The Bertz CT molecular complexity index is 1570. The second-order valence-electron chi connectivity index (χ2n) is 9.92. The van der Waals surface area contributed by atoms with Gasteiger partial charge in [-0.25, -0.2) is 14.3 Å². The third-order valence-electron chi connectivity index (χ3n) is 7.24. The Kier molecular flexibility index (Phi) is 10.8. The molecule has 0 saturated carbocycles. The molecule has 3 aliphatic heterocycles. The van der Waals surface area contributed by atoms with Gasteiger partial charge in [-0.05, 0) is 40.6 Å². The summed E-state index contributed by atoms with van der Waals surface area (Å²) in [6.45, 7) is 2.10. The standard InChI is InChI=1S/C25H28N10O7S2.Na.H/c1-3-33-8-9-34(21(39)20(33)38)24(42)28-15(12-4-6-14(26)7-5-12)18(36)27-16-19(37)35-17(23(40)41)13(10-43-22(16)35)11-44-25-29-30-31-32(25)2;;/h4-7,15-16,22H,3,8-11,26H2,1-2H3,(H,27,36)(H,28,42)(H,40,41);;/t15-,16-,22-;;/m1../s1. The Morgan fingerprint density at radius 3 is 2.49 bits per heavy atom. The average Bonchev–Trinajstić information content (AvgIpc) is 3.42. The van der Waals surface area contributed by atoms with E-state index < -0.39 is 53.1 Å². The van der Waals surface area contributed by atoms with Gasteiger partial charge in [0, 0.05) is 43.9 Å². The first-order valence-electron chi connectivity index (χ1n) is 13.3. The molecule has 6 amide bonds. The van der Waals surface area contributed by atoms with Gasteiger partial charge in [-0.15, -0.1) is 16.9 Å². The van der Waals surface area contributed by atoms with Gasteiger partial charge in [0.2, 0.25) is 11.1 Å². The number of carboxylic acid groups (broad SMARTS) is 1. The number of nitrogens with two attached hydrogens (primary N) is 1. The minimum absolute atomic E-state index is 0. The number of carbonyl (C=O) groups is 6.